The van der Waals surface area contributed by atoms with Crippen molar-refractivity contribution in [3.05, 3.63) is 38.5 Å². The molecule has 7 rings (SSSR count). The number of fused-ring (bicyclic) bond motifs is 2. The van der Waals surface area contributed by atoms with Crippen LogP contribution < -0.4 is 30.3 Å². The molecule has 0 aromatic heterocycles. The number of nitrogens with one attached hydrogen (secondary N) is 3. The molecule has 2 bridgehead atoms. The van der Waals surface area contributed by atoms with Gasteiger partial charge in [0.2, 0.25) is 36.3 Å². The number of likely N-dealkylation sites (N-methyl/N-ethyl adjacent to an activating group) is 1. The molecule has 22 atom stereocenters. The molecular weight excluding hydrogens is 1490 g/mol. The second-order valence-electron chi connectivity index (χ2n) is 25.5. The lowest BCUT2D eigenvalue weighted by Gasteiger charge is -2.48. The number of ether oxygens (including phenoxy) is 10. The van der Waals surface area contributed by atoms with Crippen LogP contribution in [0.3, 0.4) is 0 Å². The normalized spacial score (nSPS) is 34.4. The van der Waals surface area contributed by atoms with Crippen LogP contribution in [0.1, 0.15) is 96.5 Å². The summed E-state index contributed by atoms with van der Waals surface area (Å²) in [6.45, 7) is 12.7. The van der Waals surface area contributed by atoms with Crippen LogP contribution >= 0.6 is 63.3 Å². The molecule has 4 heterocycles. The van der Waals surface area contributed by atoms with Gasteiger partial charge in [-0.05, 0) is 101 Å². The molecule has 3 amide bonds. The average Bonchev–Trinajstić information content (AvgIpc) is 0.756. The molecule has 19 unspecified atom stereocenters. The van der Waals surface area contributed by atoms with Crippen LogP contribution in [0.2, 0.25) is 0 Å². The van der Waals surface area contributed by atoms with Crippen molar-refractivity contribution >= 4 is 92.1 Å². The highest BCUT2D eigenvalue weighted by Crippen LogP contribution is 2.51. The number of aliphatic hydroxyl groups excluding tert-OH is 6. The first-order valence-corrected chi connectivity index (χ1v) is 38.8. The van der Waals surface area contributed by atoms with E-state index >= 15 is 0 Å². The average molecular weight is 1590 g/mol. The first-order valence-electron chi connectivity index (χ1n) is 32.5. The molecule has 4 saturated heterocycles. The van der Waals surface area contributed by atoms with Crippen molar-refractivity contribution in [3.63, 3.8) is 0 Å². The topological polar surface area (TPSA) is 405 Å². The van der Waals surface area contributed by atoms with E-state index in [1.54, 1.807) is 45.6 Å². The van der Waals surface area contributed by atoms with Crippen molar-refractivity contribution in [1.29, 1.82) is 0 Å². The van der Waals surface area contributed by atoms with Gasteiger partial charge in [-0.15, -0.1) is 0 Å². The van der Waals surface area contributed by atoms with Gasteiger partial charge in [-0.2, -0.15) is 5.48 Å². The highest BCUT2D eigenvalue weighted by Gasteiger charge is 2.55. The molecule has 11 N–H and O–H groups in total. The number of Topliss-reactive ketones (excluding diaryl/α,β-unsaturated/α-hetero) is 1. The Morgan fingerprint density at radius 3 is 2.24 bits per heavy atom. The zero-order valence-corrected chi connectivity index (χ0v) is 62.8. The van der Waals surface area contributed by atoms with Crippen LogP contribution in [-0.4, -0.2) is 261 Å². The molecule has 2 aliphatic carbocycles. The summed E-state index contributed by atoms with van der Waals surface area (Å²) in [6.07, 6.45) is -14.1. The Morgan fingerprint density at radius 1 is 0.909 bits per heavy atom. The van der Waals surface area contributed by atoms with E-state index in [0.717, 1.165) is 18.9 Å². The number of methoxy groups -OCH3 is 3. The molecule has 5 fully saturated rings. The van der Waals surface area contributed by atoms with Gasteiger partial charge in [0, 0.05) is 87.0 Å². The van der Waals surface area contributed by atoms with E-state index in [2.05, 4.69) is 39.8 Å². The Labute approximate surface area is 602 Å². The van der Waals surface area contributed by atoms with E-state index < -0.39 is 169 Å². The van der Waals surface area contributed by atoms with Crippen molar-refractivity contribution in [2.24, 2.45) is 17.8 Å². The minimum Gasteiger partial charge on any atom is -0.492 e. The SMILES string of the molecule is CCN(C(C)=O)C1COC(OC2C(O[C@H]3C#C/C=C\C#C[C@]4(O)CC(=O)[C@H](NC(=O)OC)C3/C4=C/CSSC(C)(C)CCP(=O)(O)CCC(=O)NC)OC(C)C(NOC3CC(O)C(SC(=O)c4c(C)c(I)c(OC5OC(C)C(O)C(CO)C5O)c(OC)c4OC)C(C)O3)C2O)CC1CO. The second-order valence-corrected chi connectivity index (χ2v) is 33.4. The minimum atomic E-state index is -3.66. The van der Waals surface area contributed by atoms with Crippen molar-refractivity contribution < 1.29 is 121 Å². The summed E-state index contributed by atoms with van der Waals surface area (Å²) < 4.78 is 74.1. The monoisotopic (exact) mass is 1580 g/mol. The number of allylic oxidation sites excluding steroid dienone is 2. The van der Waals surface area contributed by atoms with Gasteiger partial charge in [0.15, 0.2) is 41.8 Å². The van der Waals surface area contributed by atoms with Crippen LogP contribution in [0.25, 0.3) is 0 Å². The van der Waals surface area contributed by atoms with Crippen molar-refractivity contribution in [2.45, 2.75) is 201 Å². The number of aliphatic hydroxyl groups is 7. The van der Waals surface area contributed by atoms with E-state index in [0.29, 0.717) is 22.1 Å². The molecule has 1 aromatic carbocycles. The molecule has 1 saturated carbocycles. The van der Waals surface area contributed by atoms with Crippen molar-refractivity contribution in [1.82, 2.24) is 21.0 Å². The van der Waals surface area contributed by atoms with Gasteiger partial charge in [-0.3, -0.25) is 28.6 Å². The van der Waals surface area contributed by atoms with Crippen LogP contribution in [0.15, 0.2) is 23.8 Å². The van der Waals surface area contributed by atoms with Crippen LogP contribution in [-0.2, 0) is 56.9 Å². The van der Waals surface area contributed by atoms with Gasteiger partial charge in [-0.25, -0.2) is 4.79 Å². The number of hydrogen-bond donors (Lipinski definition) is 11. The third kappa shape index (κ3) is 20.4. The van der Waals surface area contributed by atoms with Gasteiger partial charge < -0.3 is 104 Å². The molecule has 29 nitrogen and oxygen atoms in total. The van der Waals surface area contributed by atoms with E-state index in [9.17, 15) is 69.2 Å². The summed E-state index contributed by atoms with van der Waals surface area (Å²) in [5.41, 5.74) is 1.29. The summed E-state index contributed by atoms with van der Waals surface area (Å²) >= 11 is 2.74. The molecule has 99 heavy (non-hydrogen) atoms. The molecule has 4 aliphatic heterocycles. The van der Waals surface area contributed by atoms with Gasteiger partial charge in [0.1, 0.15) is 30.5 Å². The number of ketones is 1. The maximum atomic E-state index is 14.5. The Hall–Kier alpha value is -3.86. The number of amides is 3. The van der Waals surface area contributed by atoms with Gasteiger partial charge in [0.25, 0.3) is 0 Å². The summed E-state index contributed by atoms with van der Waals surface area (Å²) in [5.74, 6) is 7.51. The van der Waals surface area contributed by atoms with E-state index in [-0.39, 0.29) is 90.8 Å². The zero-order chi connectivity index (χ0) is 73.0. The predicted molar refractivity (Wildman–Crippen MR) is 372 cm³/mol. The number of alkyl carbamates (subject to hydrolysis) is 1. The summed E-state index contributed by atoms with van der Waals surface area (Å²) in [5, 5.41) is 83.1. The highest BCUT2D eigenvalue weighted by molar-refractivity contribution is 14.1. The molecule has 1 aromatic rings. The number of thioether (sulfide) groups is 1. The number of carbonyl (C=O) groups excluding carboxylic acids is 5. The molecule has 0 radical (unpaired) electrons. The number of hydroxylamine groups is 1. The number of carbonyl (C=O) groups is 5. The van der Waals surface area contributed by atoms with Crippen molar-refractivity contribution in [2.75, 3.05) is 72.8 Å². The van der Waals surface area contributed by atoms with Gasteiger partial charge in [0.05, 0.1) is 98.0 Å². The van der Waals surface area contributed by atoms with Crippen LogP contribution in [0.4, 0.5) is 4.79 Å². The number of rotatable bonds is 28. The van der Waals surface area contributed by atoms with E-state index in [1.807, 2.05) is 36.4 Å². The lowest BCUT2D eigenvalue weighted by molar-refractivity contribution is -0.339. The summed E-state index contributed by atoms with van der Waals surface area (Å²) in [7, 11) is 4.29. The lowest BCUT2D eigenvalue weighted by atomic mass is 9.68. The number of nitrogens with zero attached hydrogens (tertiary/aromatic N) is 1. The van der Waals surface area contributed by atoms with E-state index in [4.69, 9.17) is 52.2 Å². The second kappa shape index (κ2) is 36.7. The molecule has 34 heteroatoms. The molecule has 6 aliphatic rings. The first-order chi connectivity index (χ1) is 46.8. The maximum Gasteiger partial charge on any atom is 0.407 e. The minimum absolute atomic E-state index is 0.00870. The maximum absolute atomic E-state index is 14.5. The Bertz CT molecular complexity index is 3250. The third-order valence-electron chi connectivity index (χ3n) is 18.3. The van der Waals surface area contributed by atoms with Crippen LogP contribution in [0.5, 0.6) is 17.2 Å². The fourth-order valence-corrected chi connectivity index (χ4v) is 18.7. The van der Waals surface area contributed by atoms with E-state index in [1.165, 1.54) is 61.9 Å². The van der Waals surface area contributed by atoms with Gasteiger partial charge >= 0.3 is 6.09 Å². The number of benzene rings is 1. The smallest absolute Gasteiger partial charge is 0.407 e. The number of halogens is 1. The highest BCUT2D eigenvalue weighted by atomic mass is 127. The van der Waals surface area contributed by atoms with Gasteiger partial charge in [-0.1, -0.05) is 63.1 Å². The fourth-order valence-electron chi connectivity index (χ4n) is 12.7. The zero-order valence-electron chi connectivity index (χ0n) is 57.3. The number of hydrogen-bond acceptors (Lipinski definition) is 28. The Balaban J connectivity index is 1.14. The Kier molecular flexibility index (Phi) is 30.6. The first kappa shape index (κ1) is 82.4. The molecule has 0 spiro atoms. The fraction of sp³-hybridized carbons (Fsp3) is 0.708. The Morgan fingerprint density at radius 2 is 1.61 bits per heavy atom. The van der Waals surface area contributed by atoms with Crippen molar-refractivity contribution in [3.8, 4) is 40.9 Å². The molecule has 554 valence electrons. The summed E-state index contributed by atoms with van der Waals surface area (Å²) in [4.78, 5) is 85.2. The largest absolute Gasteiger partial charge is 0.492 e. The predicted octanol–water partition coefficient (Wildman–Crippen LogP) is 2.67. The summed E-state index contributed by atoms with van der Waals surface area (Å²) in [6, 6.07) is -3.23. The van der Waals surface area contributed by atoms with Crippen LogP contribution in [0, 0.1) is 51.9 Å². The third-order valence-corrected chi connectivity index (χ3v) is 26.0. The molecular formula is C65H94IN4O25PS3. The quantitative estimate of drug-likeness (QED) is 0.0109. The standard InChI is InChI=1S/C65H94IN4O25PS3/c1-13-70(36(6)73)40-31-88-45(26-37(40)29-71)93-57-54(79)50(69-95-46-27-41(74)59(35(5)89-46)98-60(80)47-32(2)49(66)56(58(86-11)55(47)85-10)94-61-53(78)38(30-72)52(77)34(4)91-61)33(3)90-62(57)92-43-18-16-14-15-17-21-65(82)28-42(75)51(68-63(81)87-12)48(43)39(65)20-25-97-99-64(7,8)22-24-96(83,84)23-19-44(76)67-9/h14-15,20,33-35,37-38,40-41,43,45-46,48,50-54,57,59,61-62,69,71-72,74,77-79,82H,13,19,22-31H2,1-12H3,(H,67,76)(H,68,81)(H,83,84)/b15-14-,39-20-/t33?,34?,35?,37?,38?,40?,41?,43-,45?,46?,48?,50?,51-,52?,53?,54?,57?,59?,61?,62?,65-/m0/s1. The lowest BCUT2D eigenvalue weighted by Crippen LogP contribution is -2.66.